The van der Waals surface area contributed by atoms with Crippen LogP contribution in [0.1, 0.15) is 59.3 Å². The molecule has 2 saturated carbocycles. The molecule has 1 aliphatic heterocycles. The van der Waals surface area contributed by atoms with Crippen molar-refractivity contribution in [3.63, 3.8) is 0 Å². The summed E-state index contributed by atoms with van der Waals surface area (Å²) in [5, 5.41) is 3.74. The van der Waals surface area contributed by atoms with Crippen molar-refractivity contribution >= 4 is 0 Å². The summed E-state index contributed by atoms with van der Waals surface area (Å²) < 4.78 is 0. The Kier molecular flexibility index (Phi) is 4.19. The Hall–Kier alpha value is -0.0800. The smallest absolute Gasteiger partial charge is 0.0221 e. The van der Waals surface area contributed by atoms with Gasteiger partial charge >= 0.3 is 0 Å². The van der Waals surface area contributed by atoms with Crippen molar-refractivity contribution in [2.75, 3.05) is 13.1 Å². The topological polar surface area (TPSA) is 15.3 Å². The van der Waals surface area contributed by atoms with Gasteiger partial charge in [-0.05, 0) is 56.8 Å². The van der Waals surface area contributed by atoms with Crippen LogP contribution in [0.25, 0.3) is 0 Å². The molecule has 110 valence electrons. The van der Waals surface area contributed by atoms with E-state index in [0.717, 1.165) is 35.9 Å². The molecule has 0 aromatic heterocycles. The molecule has 0 aromatic carbocycles. The number of nitrogens with one attached hydrogen (secondary N) is 1. The Bertz CT molecular complexity index is 304. The van der Waals surface area contributed by atoms with Crippen molar-refractivity contribution in [2.45, 2.75) is 77.4 Å². The fourth-order valence-electron chi connectivity index (χ4n) is 5.17. The van der Waals surface area contributed by atoms with Gasteiger partial charge in [0.1, 0.15) is 0 Å². The maximum absolute atomic E-state index is 3.74. The summed E-state index contributed by atoms with van der Waals surface area (Å²) in [6.07, 6.45) is 8.72. The summed E-state index contributed by atoms with van der Waals surface area (Å²) in [6.45, 7) is 9.71. The lowest BCUT2D eigenvalue weighted by molar-refractivity contribution is 0.0410. The van der Waals surface area contributed by atoms with Crippen LogP contribution in [-0.4, -0.2) is 36.1 Å². The first-order valence-electron chi connectivity index (χ1n) is 8.72. The highest BCUT2D eigenvalue weighted by molar-refractivity contribution is 4.97. The molecule has 19 heavy (non-hydrogen) atoms. The molecule has 0 amide bonds. The number of nitrogens with zero attached hydrogens (tertiary/aromatic N) is 1. The average molecular weight is 264 g/mol. The van der Waals surface area contributed by atoms with Gasteiger partial charge in [-0.1, -0.05) is 20.3 Å². The van der Waals surface area contributed by atoms with E-state index in [1.54, 1.807) is 6.42 Å². The van der Waals surface area contributed by atoms with Crippen molar-refractivity contribution < 1.29 is 0 Å². The third-order valence-corrected chi connectivity index (χ3v) is 6.44. The zero-order valence-corrected chi connectivity index (χ0v) is 13.1. The van der Waals surface area contributed by atoms with Crippen LogP contribution in [0.2, 0.25) is 0 Å². The van der Waals surface area contributed by atoms with E-state index in [-0.39, 0.29) is 0 Å². The van der Waals surface area contributed by atoms with Crippen LogP contribution < -0.4 is 5.32 Å². The van der Waals surface area contributed by atoms with E-state index in [1.165, 1.54) is 45.2 Å². The largest absolute Gasteiger partial charge is 0.311 e. The van der Waals surface area contributed by atoms with Crippen LogP contribution in [0.5, 0.6) is 0 Å². The van der Waals surface area contributed by atoms with Crippen molar-refractivity contribution in [1.82, 2.24) is 10.2 Å². The molecule has 0 radical (unpaired) electrons. The fraction of sp³-hybridized carbons (Fsp3) is 1.00. The van der Waals surface area contributed by atoms with Gasteiger partial charge in [-0.3, -0.25) is 4.90 Å². The normalized spacial score (nSPS) is 44.7. The van der Waals surface area contributed by atoms with Gasteiger partial charge in [0.05, 0.1) is 0 Å². The van der Waals surface area contributed by atoms with E-state index in [9.17, 15) is 0 Å². The minimum atomic E-state index is 0.726. The van der Waals surface area contributed by atoms with E-state index >= 15 is 0 Å². The minimum Gasteiger partial charge on any atom is -0.311 e. The summed E-state index contributed by atoms with van der Waals surface area (Å²) in [5.74, 6) is 3.15. The van der Waals surface area contributed by atoms with Crippen LogP contribution in [0, 0.1) is 17.8 Å². The molecule has 0 spiro atoms. The van der Waals surface area contributed by atoms with Crippen LogP contribution in [-0.2, 0) is 0 Å². The Morgan fingerprint density at radius 3 is 2.58 bits per heavy atom. The van der Waals surface area contributed by atoms with Gasteiger partial charge in [0.15, 0.2) is 0 Å². The van der Waals surface area contributed by atoms with Gasteiger partial charge in [-0.25, -0.2) is 0 Å². The number of hydrogen-bond acceptors (Lipinski definition) is 2. The minimum absolute atomic E-state index is 0.726. The van der Waals surface area contributed by atoms with Gasteiger partial charge in [-0.2, -0.15) is 0 Å². The first kappa shape index (κ1) is 13.9. The van der Waals surface area contributed by atoms with Crippen molar-refractivity contribution in [3.8, 4) is 0 Å². The SMILES string of the molecule is CCC1CN(C(C)C2CC3CCC2C3)C(CC)CN1. The van der Waals surface area contributed by atoms with E-state index in [0.29, 0.717) is 0 Å². The highest BCUT2D eigenvalue weighted by Gasteiger charge is 2.44. The molecule has 0 aromatic rings. The number of hydrogen-bond donors (Lipinski definition) is 1. The summed E-state index contributed by atoms with van der Waals surface area (Å²) >= 11 is 0. The molecule has 1 N–H and O–H groups in total. The Morgan fingerprint density at radius 1 is 1.16 bits per heavy atom. The molecular formula is C17H32N2. The molecule has 1 saturated heterocycles. The summed E-state index contributed by atoms with van der Waals surface area (Å²) in [7, 11) is 0. The lowest BCUT2D eigenvalue weighted by Crippen LogP contribution is -2.60. The zero-order chi connectivity index (χ0) is 13.4. The first-order chi connectivity index (χ1) is 9.22. The highest BCUT2D eigenvalue weighted by Crippen LogP contribution is 2.50. The second-order valence-corrected chi connectivity index (χ2v) is 7.35. The maximum atomic E-state index is 3.74. The predicted molar refractivity (Wildman–Crippen MR) is 81.3 cm³/mol. The predicted octanol–water partition coefficient (Wildman–Crippen LogP) is 3.27. The molecular weight excluding hydrogens is 232 g/mol. The Balaban J connectivity index is 1.67. The monoisotopic (exact) mass is 264 g/mol. The number of fused-ring (bicyclic) bond motifs is 2. The zero-order valence-electron chi connectivity index (χ0n) is 13.1. The van der Waals surface area contributed by atoms with E-state index < -0.39 is 0 Å². The summed E-state index contributed by atoms with van der Waals surface area (Å²) in [4.78, 5) is 2.87. The van der Waals surface area contributed by atoms with Crippen molar-refractivity contribution in [3.05, 3.63) is 0 Å². The second kappa shape index (κ2) is 5.73. The number of piperazine rings is 1. The molecule has 3 fully saturated rings. The highest BCUT2D eigenvalue weighted by atomic mass is 15.3. The molecule has 6 unspecified atom stereocenters. The summed E-state index contributed by atoms with van der Waals surface area (Å²) in [6, 6.07) is 2.32. The van der Waals surface area contributed by atoms with Crippen LogP contribution in [0.3, 0.4) is 0 Å². The number of rotatable bonds is 4. The van der Waals surface area contributed by atoms with Crippen LogP contribution in [0.4, 0.5) is 0 Å². The first-order valence-corrected chi connectivity index (χ1v) is 8.72. The lowest BCUT2D eigenvalue weighted by atomic mass is 9.82. The van der Waals surface area contributed by atoms with E-state index in [2.05, 4.69) is 31.0 Å². The molecule has 2 nitrogen and oxygen atoms in total. The van der Waals surface area contributed by atoms with Crippen molar-refractivity contribution in [1.29, 1.82) is 0 Å². The van der Waals surface area contributed by atoms with Crippen LogP contribution >= 0.6 is 0 Å². The second-order valence-electron chi connectivity index (χ2n) is 7.35. The fourth-order valence-corrected chi connectivity index (χ4v) is 5.17. The molecule has 2 aliphatic carbocycles. The standard InChI is InChI=1S/C17H32N2/c1-4-15-11-19(16(5-2)10-18-15)12(3)17-9-13-6-7-14(17)8-13/h12-18H,4-11H2,1-3H3. The van der Waals surface area contributed by atoms with Gasteiger partial charge in [0.2, 0.25) is 0 Å². The van der Waals surface area contributed by atoms with Crippen molar-refractivity contribution in [2.24, 2.45) is 17.8 Å². The molecule has 1 heterocycles. The Morgan fingerprint density at radius 2 is 2.00 bits per heavy atom. The van der Waals surface area contributed by atoms with Crippen LogP contribution in [0.15, 0.2) is 0 Å². The third kappa shape index (κ3) is 2.58. The van der Waals surface area contributed by atoms with Gasteiger partial charge in [0, 0.05) is 31.2 Å². The van der Waals surface area contributed by atoms with Gasteiger partial charge in [0.25, 0.3) is 0 Å². The molecule has 2 bridgehead atoms. The molecule has 2 heteroatoms. The lowest BCUT2D eigenvalue weighted by Gasteiger charge is -2.46. The van der Waals surface area contributed by atoms with E-state index in [4.69, 9.17) is 0 Å². The average Bonchev–Trinajstić information content (AvgIpc) is 3.08. The Labute approximate surface area is 119 Å². The quantitative estimate of drug-likeness (QED) is 0.838. The van der Waals surface area contributed by atoms with Gasteiger partial charge < -0.3 is 5.32 Å². The summed E-state index contributed by atoms with van der Waals surface area (Å²) in [5.41, 5.74) is 0. The van der Waals surface area contributed by atoms with E-state index in [1.807, 2.05) is 0 Å². The molecule has 3 rings (SSSR count). The maximum Gasteiger partial charge on any atom is 0.0221 e. The molecule has 3 aliphatic rings. The van der Waals surface area contributed by atoms with Gasteiger partial charge in [-0.15, -0.1) is 0 Å². The molecule has 6 atom stereocenters. The third-order valence-electron chi connectivity index (χ3n) is 6.44.